The maximum Gasteiger partial charge on any atom is 0.251 e. The lowest BCUT2D eigenvalue weighted by molar-refractivity contribution is 0.0950. The monoisotopic (exact) mass is 374 g/mol. The van der Waals surface area contributed by atoms with E-state index in [9.17, 15) is 4.79 Å². The molecule has 3 aromatic rings. The van der Waals surface area contributed by atoms with Crippen LogP contribution in [-0.4, -0.2) is 42.0 Å². The fraction of sp³-hybridized carbons (Fsp3) is 0.304. The average Bonchev–Trinajstić information content (AvgIpc) is 3.12. The number of carbonyl (C=O) groups excluding carboxylic acids is 1. The van der Waals surface area contributed by atoms with Crippen molar-refractivity contribution in [3.63, 3.8) is 0 Å². The molecule has 28 heavy (non-hydrogen) atoms. The van der Waals surface area contributed by atoms with Gasteiger partial charge in [0.05, 0.1) is 0 Å². The van der Waals surface area contributed by atoms with Gasteiger partial charge in [0, 0.05) is 29.7 Å². The van der Waals surface area contributed by atoms with Gasteiger partial charge in [0.2, 0.25) is 0 Å². The maximum absolute atomic E-state index is 12.4. The molecule has 1 atom stereocenters. The first kappa shape index (κ1) is 18.4. The second-order valence-corrected chi connectivity index (χ2v) is 7.57. The molecule has 3 N–H and O–H groups in total. The van der Waals surface area contributed by atoms with Crippen LogP contribution in [0.5, 0.6) is 0 Å². The largest absolute Gasteiger partial charge is 0.384 e. The minimum absolute atomic E-state index is 0.00967. The summed E-state index contributed by atoms with van der Waals surface area (Å²) in [5.41, 5.74) is 8.65. The zero-order chi connectivity index (χ0) is 19.5. The molecule has 0 unspecified atom stereocenters. The molecule has 1 aromatic heterocycles. The van der Waals surface area contributed by atoms with Crippen molar-refractivity contribution in [3.05, 3.63) is 60.3 Å². The Balaban J connectivity index is 1.41. The number of amides is 1. The van der Waals surface area contributed by atoms with Crippen LogP contribution in [0.25, 0.3) is 21.9 Å². The highest BCUT2D eigenvalue weighted by Crippen LogP contribution is 2.25. The van der Waals surface area contributed by atoms with Crippen LogP contribution >= 0.6 is 0 Å². The molecule has 1 aliphatic rings. The molecule has 0 radical (unpaired) electrons. The number of rotatable bonds is 5. The molecule has 0 spiro atoms. The summed E-state index contributed by atoms with van der Waals surface area (Å²) in [5, 5.41) is 5.17. The van der Waals surface area contributed by atoms with E-state index in [1.54, 1.807) is 6.20 Å². The quantitative estimate of drug-likeness (QED) is 0.714. The van der Waals surface area contributed by atoms with Crippen molar-refractivity contribution in [2.45, 2.75) is 25.3 Å². The van der Waals surface area contributed by atoms with Crippen LogP contribution in [0.1, 0.15) is 29.6 Å². The molecule has 1 amide bonds. The van der Waals surface area contributed by atoms with Crippen LogP contribution in [0.3, 0.4) is 0 Å². The number of nitrogens with one attached hydrogen (secondary N) is 1. The van der Waals surface area contributed by atoms with Gasteiger partial charge in [-0.2, -0.15) is 0 Å². The second kappa shape index (κ2) is 7.98. The number of anilines is 1. The van der Waals surface area contributed by atoms with E-state index >= 15 is 0 Å². The highest BCUT2D eigenvalue weighted by Gasteiger charge is 2.20. The molecule has 1 saturated heterocycles. The van der Waals surface area contributed by atoms with E-state index in [0.717, 1.165) is 41.4 Å². The molecule has 5 nitrogen and oxygen atoms in total. The Morgan fingerprint density at radius 2 is 1.93 bits per heavy atom. The average molecular weight is 374 g/mol. The van der Waals surface area contributed by atoms with Crippen molar-refractivity contribution in [1.29, 1.82) is 0 Å². The molecule has 144 valence electrons. The van der Waals surface area contributed by atoms with Crippen molar-refractivity contribution >= 4 is 22.5 Å². The van der Waals surface area contributed by atoms with E-state index in [4.69, 9.17) is 5.73 Å². The minimum atomic E-state index is -0.00967. The Labute approximate surface area is 165 Å². The summed E-state index contributed by atoms with van der Waals surface area (Å²) in [6.45, 7) is 1.88. The number of nitrogens with two attached hydrogens (primary N) is 1. The number of benzene rings is 2. The van der Waals surface area contributed by atoms with Gasteiger partial charge in [-0.05, 0) is 73.6 Å². The summed E-state index contributed by atoms with van der Waals surface area (Å²) in [5.74, 6) is 0.505. The van der Waals surface area contributed by atoms with Crippen LogP contribution in [0.15, 0.2) is 54.7 Å². The molecule has 2 aromatic carbocycles. The van der Waals surface area contributed by atoms with Gasteiger partial charge in [-0.15, -0.1) is 0 Å². The molecular weight excluding hydrogens is 348 g/mol. The van der Waals surface area contributed by atoms with Gasteiger partial charge in [-0.25, -0.2) is 4.98 Å². The van der Waals surface area contributed by atoms with Gasteiger partial charge in [0.15, 0.2) is 0 Å². The molecular formula is C23H26N4O. The summed E-state index contributed by atoms with van der Waals surface area (Å²) in [6.07, 6.45) is 5.28. The Hall–Kier alpha value is -2.92. The third kappa shape index (κ3) is 3.99. The Bertz CT molecular complexity index is 984. The van der Waals surface area contributed by atoms with E-state index < -0.39 is 0 Å². The van der Waals surface area contributed by atoms with Gasteiger partial charge >= 0.3 is 0 Å². The summed E-state index contributed by atoms with van der Waals surface area (Å²) < 4.78 is 0. The Morgan fingerprint density at radius 1 is 1.14 bits per heavy atom. The molecule has 0 saturated carbocycles. The number of aromatic nitrogens is 1. The SMILES string of the molecule is CN1CCC[C@H]1CCNC(=O)c1ccc(-c2ccc3cnc(N)cc3c2)cc1. The van der Waals surface area contributed by atoms with Crippen LogP contribution < -0.4 is 11.1 Å². The van der Waals surface area contributed by atoms with Gasteiger partial charge in [-0.3, -0.25) is 4.79 Å². The number of hydrogen-bond donors (Lipinski definition) is 2. The van der Waals surface area contributed by atoms with Gasteiger partial charge < -0.3 is 16.0 Å². The summed E-state index contributed by atoms with van der Waals surface area (Å²) in [4.78, 5) is 18.9. The fourth-order valence-corrected chi connectivity index (χ4v) is 3.95. The highest BCUT2D eigenvalue weighted by molar-refractivity contribution is 5.95. The normalized spacial score (nSPS) is 17.1. The predicted molar refractivity (Wildman–Crippen MR) is 114 cm³/mol. The van der Waals surface area contributed by atoms with E-state index in [0.29, 0.717) is 17.4 Å². The number of fused-ring (bicyclic) bond motifs is 1. The van der Waals surface area contributed by atoms with Crippen molar-refractivity contribution in [2.24, 2.45) is 0 Å². The Kier molecular flexibility index (Phi) is 5.26. The highest BCUT2D eigenvalue weighted by atomic mass is 16.1. The minimum Gasteiger partial charge on any atom is -0.384 e. The lowest BCUT2D eigenvalue weighted by Crippen LogP contribution is -2.31. The third-order valence-electron chi connectivity index (χ3n) is 5.66. The summed E-state index contributed by atoms with van der Waals surface area (Å²) in [7, 11) is 2.16. The lowest BCUT2D eigenvalue weighted by atomic mass is 10.0. The number of hydrogen-bond acceptors (Lipinski definition) is 4. The Morgan fingerprint density at radius 3 is 2.68 bits per heavy atom. The van der Waals surface area contributed by atoms with Crippen LogP contribution in [0, 0.1) is 0 Å². The molecule has 0 aliphatic carbocycles. The first-order valence-corrected chi connectivity index (χ1v) is 9.84. The van der Waals surface area contributed by atoms with Crippen LogP contribution in [0.4, 0.5) is 5.82 Å². The summed E-state index contributed by atoms with van der Waals surface area (Å²) >= 11 is 0. The number of nitrogen functional groups attached to an aromatic ring is 1. The smallest absolute Gasteiger partial charge is 0.251 e. The van der Waals surface area contributed by atoms with Crippen molar-refractivity contribution < 1.29 is 4.79 Å². The van der Waals surface area contributed by atoms with Crippen molar-refractivity contribution in [3.8, 4) is 11.1 Å². The first-order valence-electron chi connectivity index (χ1n) is 9.84. The van der Waals surface area contributed by atoms with Crippen molar-refractivity contribution in [1.82, 2.24) is 15.2 Å². The zero-order valence-corrected chi connectivity index (χ0v) is 16.2. The topological polar surface area (TPSA) is 71.2 Å². The number of pyridine rings is 1. The van der Waals surface area contributed by atoms with E-state index in [2.05, 4.69) is 34.4 Å². The third-order valence-corrected chi connectivity index (χ3v) is 5.66. The van der Waals surface area contributed by atoms with E-state index in [1.807, 2.05) is 36.4 Å². The van der Waals surface area contributed by atoms with Crippen LogP contribution in [-0.2, 0) is 0 Å². The van der Waals surface area contributed by atoms with Gasteiger partial charge in [-0.1, -0.05) is 24.3 Å². The van der Waals surface area contributed by atoms with E-state index in [-0.39, 0.29) is 5.91 Å². The lowest BCUT2D eigenvalue weighted by Gasteiger charge is -2.19. The number of nitrogens with zero attached hydrogens (tertiary/aromatic N) is 2. The zero-order valence-electron chi connectivity index (χ0n) is 16.2. The maximum atomic E-state index is 12.4. The predicted octanol–water partition coefficient (Wildman–Crippen LogP) is 3.70. The molecule has 2 heterocycles. The van der Waals surface area contributed by atoms with Gasteiger partial charge in [0.1, 0.15) is 5.82 Å². The van der Waals surface area contributed by atoms with Crippen molar-refractivity contribution in [2.75, 3.05) is 25.9 Å². The first-order chi connectivity index (χ1) is 13.6. The molecule has 4 rings (SSSR count). The summed E-state index contributed by atoms with van der Waals surface area (Å²) in [6, 6.07) is 16.4. The standard InChI is InChI=1S/C23H26N4O/c1-27-12-2-3-21(27)10-11-25-23(28)17-6-4-16(5-7-17)18-8-9-19-15-26-22(24)14-20(19)13-18/h4-9,13-15,21H,2-3,10-12H2,1H3,(H2,24,26)(H,25,28)/t21-/m0/s1. The molecule has 0 bridgehead atoms. The number of carbonyl (C=O) groups is 1. The van der Waals surface area contributed by atoms with Crippen LogP contribution in [0.2, 0.25) is 0 Å². The second-order valence-electron chi connectivity index (χ2n) is 7.57. The van der Waals surface area contributed by atoms with Gasteiger partial charge in [0.25, 0.3) is 5.91 Å². The number of likely N-dealkylation sites (tertiary alicyclic amines) is 1. The molecule has 5 heteroatoms. The fourth-order valence-electron chi connectivity index (χ4n) is 3.95. The van der Waals surface area contributed by atoms with E-state index in [1.165, 1.54) is 12.8 Å². The molecule has 1 fully saturated rings. The molecule has 1 aliphatic heterocycles.